The molecule has 2 rings (SSSR count). The van der Waals surface area contributed by atoms with Gasteiger partial charge >= 0.3 is 0 Å². The van der Waals surface area contributed by atoms with Crippen LogP contribution in [0.4, 0.5) is 5.69 Å². The number of nitro benzene ring substituents is 1. The van der Waals surface area contributed by atoms with Crippen molar-refractivity contribution >= 4 is 5.69 Å². The fourth-order valence-corrected chi connectivity index (χ4v) is 2.65. The highest BCUT2D eigenvalue weighted by Crippen LogP contribution is 2.28. The highest BCUT2D eigenvalue weighted by Gasteiger charge is 2.30. The summed E-state index contributed by atoms with van der Waals surface area (Å²) in [4.78, 5) is 10.5. The normalized spacial score (nSPS) is 17.5. The van der Waals surface area contributed by atoms with Crippen LogP contribution in [0.15, 0.2) is 24.3 Å². The van der Waals surface area contributed by atoms with E-state index in [4.69, 9.17) is 0 Å². The van der Waals surface area contributed by atoms with Crippen LogP contribution in [0.1, 0.15) is 31.2 Å². The van der Waals surface area contributed by atoms with Crippen molar-refractivity contribution in [1.82, 2.24) is 5.32 Å². The summed E-state index contributed by atoms with van der Waals surface area (Å²) in [7, 11) is 0. The Labute approximate surface area is 112 Å². The zero-order valence-electron chi connectivity index (χ0n) is 11.0. The van der Waals surface area contributed by atoms with E-state index in [-0.39, 0.29) is 10.6 Å². The molecule has 0 aromatic heterocycles. The second kappa shape index (κ2) is 6.12. The van der Waals surface area contributed by atoms with Crippen LogP contribution >= 0.6 is 0 Å². The second-order valence-corrected chi connectivity index (χ2v) is 5.24. The van der Waals surface area contributed by atoms with Gasteiger partial charge in [-0.05, 0) is 25.8 Å². The van der Waals surface area contributed by atoms with E-state index in [1.165, 1.54) is 6.07 Å². The smallest absolute Gasteiger partial charge is 0.272 e. The molecule has 19 heavy (non-hydrogen) atoms. The van der Waals surface area contributed by atoms with E-state index in [0.717, 1.165) is 31.2 Å². The van der Waals surface area contributed by atoms with Crippen molar-refractivity contribution in [2.75, 3.05) is 13.1 Å². The zero-order valence-corrected chi connectivity index (χ0v) is 11.0. The van der Waals surface area contributed by atoms with Gasteiger partial charge in [0.25, 0.3) is 5.69 Å². The predicted molar refractivity (Wildman–Crippen MR) is 73.1 cm³/mol. The Morgan fingerprint density at radius 3 is 2.68 bits per heavy atom. The van der Waals surface area contributed by atoms with Gasteiger partial charge in [0.05, 0.1) is 10.5 Å². The van der Waals surface area contributed by atoms with Gasteiger partial charge in [-0.2, -0.15) is 0 Å². The molecule has 0 atom stereocenters. The van der Waals surface area contributed by atoms with Crippen molar-refractivity contribution in [2.45, 2.75) is 37.7 Å². The summed E-state index contributed by atoms with van der Waals surface area (Å²) in [6, 6.07) is 6.80. The van der Waals surface area contributed by atoms with Crippen molar-refractivity contribution in [3.05, 3.63) is 39.9 Å². The zero-order chi connectivity index (χ0) is 13.7. The van der Waals surface area contributed by atoms with Gasteiger partial charge in [0.15, 0.2) is 0 Å². The minimum absolute atomic E-state index is 0.170. The van der Waals surface area contributed by atoms with E-state index in [0.29, 0.717) is 19.5 Å². The Balaban J connectivity index is 1.81. The molecule has 0 radical (unpaired) electrons. The number of nitrogens with one attached hydrogen (secondary N) is 1. The highest BCUT2D eigenvalue weighted by molar-refractivity contribution is 5.39. The summed E-state index contributed by atoms with van der Waals surface area (Å²) in [5.41, 5.74) is 0.338. The van der Waals surface area contributed by atoms with Crippen LogP contribution in [0.5, 0.6) is 0 Å². The summed E-state index contributed by atoms with van der Waals surface area (Å²) in [5.74, 6) is 0. The van der Waals surface area contributed by atoms with Crippen molar-refractivity contribution in [1.29, 1.82) is 0 Å². The highest BCUT2D eigenvalue weighted by atomic mass is 16.6. The average Bonchev–Trinajstić information content (AvgIpc) is 2.82. The first-order valence-electron chi connectivity index (χ1n) is 6.76. The van der Waals surface area contributed by atoms with Gasteiger partial charge in [0.2, 0.25) is 0 Å². The first-order chi connectivity index (χ1) is 9.11. The van der Waals surface area contributed by atoms with Crippen LogP contribution in [-0.4, -0.2) is 28.7 Å². The van der Waals surface area contributed by atoms with Crippen molar-refractivity contribution < 1.29 is 10.0 Å². The monoisotopic (exact) mass is 264 g/mol. The molecule has 5 nitrogen and oxygen atoms in total. The predicted octanol–water partition coefficient (Wildman–Crippen LogP) is 2.03. The fraction of sp³-hybridized carbons (Fsp3) is 0.571. The van der Waals surface area contributed by atoms with Gasteiger partial charge in [-0.3, -0.25) is 10.1 Å². The molecule has 1 fully saturated rings. The molecule has 0 heterocycles. The van der Waals surface area contributed by atoms with Crippen LogP contribution in [0.25, 0.3) is 0 Å². The molecule has 104 valence electrons. The SMILES string of the molecule is O=[N+]([O-])c1ccccc1CCNCC1(O)CCCC1. The average molecular weight is 264 g/mol. The molecule has 1 aliphatic carbocycles. The summed E-state index contributed by atoms with van der Waals surface area (Å²) in [6.45, 7) is 1.22. The third-order valence-corrected chi connectivity index (χ3v) is 3.75. The lowest BCUT2D eigenvalue weighted by Crippen LogP contribution is -2.38. The minimum atomic E-state index is -0.567. The van der Waals surface area contributed by atoms with E-state index >= 15 is 0 Å². The Kier molecular flexibility index (Phi) is 4.50. The van der Waals surface area contributed by atoms with Crippen molar-refractivity contribution in [2.24, 2.45) is 0 Å². The largest absolute Gasteiger partial charge is 0.389 e. The van der Waals surface area contributed by atoms with Gasteiger partial charge in [-0.25, -0.2) is 0 Å². The van der Waals surface area contributed by atoms with Gasteiger partial charge in [0, 0.05) is 18.2 Å². The van der Waals surface area contributed by atoms with Gasteiger partial charge in [0.1, 0.15) is 0 Å². The molecule has 0 bridgehead atoms. The molecule has 1 aromatic rings. The van der Waals surface area contributed by atoms with Crippen LogP contribution < -0.4 is 5.32 Å². The van der Waals surface area contributed by atoms with E-state index in [1.807, 2.05) is 6.07 Å². The summed E-state index contributed by atoms with van der Waals surface area (Å²) in [5, 5.41) is 24.2. The summed E-state index contributed by atoms with van der Waals surface area (Å²) < 4.78 is 0. The van der Waals surface area contributed by atoms with Crippen LogP contribution in [0, 0.1) is 10.1 Å². The van der Waals surface area contributed by atoms with E-state index in [9.17, 15) is 15.2 Å². The number of benzene rings is 1. The summed E-state index contributed by atoms with van der Waals surface area (Å²) in [6.07, 6.45) is 4.48. The lowest BCUT2D eigenvalue weighted by Gasteiger charge is -2.22. The first-order valence-corrected chi connectivity index (χ1v) is 6.76. The number of hydrogen-bond donors (Lipinski definition) is 2. The topological polar surface area (TPSA) is 75.4 Å². The standard InChI is InChI=1S/C14H20N2O3/c17-14(8-3-4-9-14)11-15-10-7-12-5-1-2-6-13(12)16(18)19/h1-2,5-6,15,17H,3-4,7-11H2. The lowest BCUT2D eigenvalue weighted by atomic mass is 10.0. The molecule has 0 unspecified atom stereocenters. The number of nitrogens with zero attached hydrogens (tertiary/aromatic N) is 1. The lowest BCUT2D eigenvalue weighted by molar-refractivity contribution is -0.385. The quantitative estimate of drug-likeness (QED) is 0.468. The van der Waals surface area contributed by atoms with E-state index in [2.05, 4.69) is 5.32 Å². The molecule has 0 aliphatic heterocycles. The summed E-state index contributed by atoms with van der Waals surface area (Å²) >= 11 is 0. The molecule has 0 saturated heterocycles. The third-order valence-electron chi connectivity index (χ3n) is 3.75. The molecule has 2 N–H and O–H groups in total. The molecular weight excluding hydrogens is 244 g/mol. The maximum Gasteiger partial charge on any atom is 0.272 e. The van der Waals surface area contributed by atoms with Crippen LogP contribution in [-0.2, 0) is 6.42 Å². The maximum absolute atomic E-state index is 10.9. The van der Waals surface area contributed by atoms with Crippen molar-refractivity contribution in [3.8, 4) is 0 Å². The molecule has 1 saturated carbocycles. The molecular formula is C14H20N2O3. The van der Waals surface area contributed by atoms with Gasteiger partial charge < -0.3 is 10.4 Å². The molecule has 0 spiro atoms. The van der Waals surface area contributed by atoms with Crippen molar-refractivity contribution in [3.63, 3.8) is 0 Å². The fourth-order valence-electron chi connectivity index (χ4n) is 2.65. The Bertz CT molecular complexity index is 442. The number of rotatable bonds is 6. The minimum Gasteiger partial charge on any atom is -0.389 e. The first kappa shape index (κ1) is 14.0. The molecule has 0 amide bonds. The number of aliphatic hydroxyl groups is 1. The van der Waals surface area contributed by atoms with E-state index in [1.54, 1.807) is 12.1 Å². The number of nitro groups is 1. The van der Waals surface area contributed by atoms with Gasteiger partial charge in [-0.1, -0.05) is 31.0 Å². The number of hydrogen-bond acceptors (Lipinski definition) is 4. The molecule has 5 heteroatoms. The van der Waals surface area contributed by atoms with Crippen LogP contribution in [0.2, 0.25) is 0 Å². The van der Waals surface area contributed by atoms with Crippen LogP contribution in [0.3, 0.4) is 0 Å². The Hall–Kier alpha value is -1.46. The Morgan fingerprint density at radius 2 is 2.00 bits per heavy atom. The maximum atomic E-state index is 10.9. The van der Waals surface area contributed by atoms with Gasteiger partial charge in [-0.15, -0.1) is 0 Å². The number of para-hydroxylation sites is 1. The molecule has 1 aliphatic rings. The van der Waals surface area contributed by atoms with E-state index < -0.39 is 5.60 Å². The third kappa shape index (κ3) is 3.75. The Morgan fingerprint density at radius 1 is 1.32 bits per heavy atom. The molecule has 1 aromatic carbocycles. The second-order valence-electron chi connectivity index (χ2n) is 5.24.